The molecule has 0 aliphatic heterocycles. The van der Waals surface area contributed by atoms with Crippen molar-refractivity contribution in [2.45, 2.75) is 52.4 Å². The molecule has 25 heavy (non-hydrogen) atoms. The van der Waals surface area contributed by atoms with Crippen LogP contribution in [0.25, 0.3) is 12.2 Å². The Morgan fingerprint density at radius 2 is 1.52 bits per heavy atom. The smallest absolute Gasteiger partial charge is 0.119 e. The van der Waals surface area contributed by atoms with Gasteiger partial charge in [0.2, 0.25) is 0 Å². The maximum absolute atomic E-state index is 5.40. The van der Waals surface area contributed by atoms with E-state index in [4.69, 9.17) is 4.74 Å². The zero-order valence-corrected chi connectivity index (χ0v) is 15.8. The van der Waals surface area contributed by atoms with Crippen LogP contribution >= 0.6 is 0 Å². The molecule has 134 valence electrons. The van der Waals surface area contributed by atoms with E-state index in [2.05, 4.69) is 43.3 Å². The molecule has 1 saturated carbocycles. The first kappa shape index (κ1) is 19.3. The zero-order valence-electron chi connectivity index (χ0n) is 15.8. The van der Waals surface area contributed by atoms with Crippen molar-refractivity contribution in [1.29, 1.82) is 0 Å². The molecular weight excluding hydrogens is 304 g/mol. The third-order valence-corrected chi connectivity index (χ3v) is 4.65. The molecular formula is C24H32O. The van der Waals surface area contributed by atoms with Crippen molar-refractivity contribution in [2.24, 2.45) is 5.92 Å². The summed E-state index contributed by atoms with van der Waals surface area (Å²) in [4.78, 5) is 0. The van der Waals surface area contributed by atoms with E-state index in [0.29, 0.717) is 6.61 Å². The molecule has 0 N–H and O–H groups in total. The van der Waals surface area contributed by atoms with Crippen molar-refractivity contribution in [3.05, 3.63) is 65.7 Å². The Hall–Kier alpha value is -2.02. The fraction of sp³-hybridized carbons (Fsp3) is 0.417. The van der Waals surface area contributed by atoms with Gasteiger partial charge >= 0.3 is 0 Å². The predicted molar refractivity (Wildman–Crippen MR) is 110 cm³/mol. The van der Waals surface area contributed by atoms with Crippen LogP contribution in [0.4, 0.5) is 0 Å². The Bertz CT molecular complexity index is 594. The maximum Gasteiger partial charge on any atom is 0.119 e. The highest BCUT2D eigenvalue weighted by atomic mass is 16.5. The standard InChI is InChI=1S/C16H16O.C8H16/c1-2-17-16-12-10-15(11-13-16)9-8-14-6-4-3-5-7-14;1-2-3-5-8-6-4-7-8/h3-13H,2H2,1H3;8H,2-7H2,1H3. The van der Waals surface area contributed by atoms with E-state index in [-0.39, 0.29) is 0 Å². The number of unbranched alkanes of at least 4 members (excludes halogenated alkanes) is 1. The number of hydrogen-bond acceptors (Lipinski definition) is 1. The minimum atomic E-state index is 0.708. The maximum atomic E-state index is 5.40. The van der Waals surface area contributed by atoms with Gasteiger partial charge < -0.3 is 4.74 Å². The highest BCUT2D eigenvalue weighted by Gasteiger charge is 2.15. The molecule has 2 aromatic rings. The Morgan fingerprint density at radius 3 is 2.04 bits per heavy atom. The van der Waals surface area contributed by atoms with Gasteiger partial charge in [-0.25, -0.2) is 0 Å². The molecule has 1 fully saturated rings. The SMILES string of the molecule is CCCCC1CCC1.CCOc1ccc(C=Cc2ccccc2)cc1. The van der Waals surface area contributed by atoms with Gasteiger partial charge in [-0.1, -0.05) is 100 Å². The molecule has 0 bridgehead atoms. The van der Waals surface area contributed by atoms with Gasteiger partial charge in [-0.15, -0.1) is 0 Å². The van der Waals surface area contributed by atoms with Gasteiger partial charge in [0, 0.05) is 0 Å². The Balaban J connectivity index is 0.000000236. The molecule has 3 rings (SSSR count). The molecule has 2 aromatic carbocycles. The number of ether oxygens (including phenoxy) is 1. The Labute approximate surface area is 153 Å². The first-order valence-corrected chi connectivity index (χ1v) is 9.77. The molecule has 0 amide bonds. The van der Waals surface area contributed by atoms with Crippen molar-refractivity contribution in [3.63, 3.8) is 0 Å². The molecule has 0 heterocycles. The van der Waals surface area contributed by atoms with E-state index in [1.165, 1.54) is 49.7 Å². The predicted octanol–water partition coefficient (Wildman–Crippen LogP) is 7.23. The fourth-order valence-corrected chi connectivity index (χ4v) is 2.87. The molecule has 0 radical (unpaired) electrons. The van der Waals surface area contributed by atoms with Crippen LogP contribution in [-0.2, 0) is 0 Å². The van der Waals surface area contributed by atoms with Crippen LogP contribution in [0.15, 0.2) is 54.6 Å². The van der Waals surface area contributed by atoms with Crippen LogP contribution in [0.3, 0.4) is 0 Å². The summed E-state index contributed by atoms with van der Waals surface area (Å²) in [6.45, 7) is 4.97. The third-order valence-electron chi connectivity index (χ3n) is 4.65. The van der Waals surface area contributed by atoms with E-state index >= 15 is 0 Å². The lowest BCUT2D eigenvalue weighted by atomic mass is 9.82. The van der Waals surface area contributed by atoms with Gasteiger partial charge in [0.25, 0.3) is 0 Å². The monoisotopic (exact) mass is 336 g/mol. The summed E-state index contributed by atoms with van der Waals surface area (Å²) >= 11 is 0. The van der Waals surface area contributed by atoms with Crippen LogP contribution in [0, 0.1) is 5.92 Å². The highest BCUT2D eigenvalue weighted by Crippen LogP contribution is 2.30. The van der Waals surface area contributed by atoms with E-state index in [1.54, 1.807) is 0 Å². The van der Waals surface area contributed by atoms with E-state index in [9.17, 15) is 0 Å². The van der Waals surface area contributed by atoms with E-state index < -0.39 is 0 Å². The minimum absolute atomic E-state index is 0.708. The third kappa shape index (κ3) is 7.60. The fourth-order valence-electron chi connectivity index (χ4n) is 2.87. The largest absolute Gasteiger partial charge is 0.494 e. The summed E-state index contributed by atoms with van der Waals surface area (Å²) in [5.74, 6) is 2.05. The van der Waals surface area contributed by atoms with Crippen molar-refractivity contribution in [3.8, 4) is 5.75 Å². The number of hydrogen-bond donors (Lipinski definition) is 0. The minimum Gasteiger partial charge on any atom is -0.494 e. The summed E-state index contributed by atoms with van der Waals surface area (Å²) < 4.78 is 5.40. The molecule has 1 aliphatic rings. The summed E-state index contributed by atoms with van der Waals surface area (Å²) in [7, 11) is 0. The normalized spacial score (nSPS) is 13.8. The van der Waals surface area contributed by atoms with Crippen LogP contribution in [0.1, 0.15) is 63.5 Å². The lowest BCUT2D eigenvalue weighted by Gasteiger charge is -2.24. The first-order chi connectivity index (χ1) is 12.3. The van der Waals surface area contributed by atoms with E-state index in [1.807, 2.05) is 37.3 Å². The lowest BCUT2D eigenvalue weighted by Crippen LogP contribution is -2.09. The Kier molecular flexibility index (Phi) is 8.90. The summed E-state index contributed by atoms with van der Waals surface area (Å²) in [5, 5.41) is 0. The highest BCUT2D eigenvalue weighted by molar-refractivity contribution is 5.69. The zero-order chi connectivity index (χ0) is 17.7. The van der Waals surface area contributed by atoms with Gasteiger partial charge in [-0.3, -0.25) is 0 Å². The van der Waals surface area contributed by atoms with Crippen LogP contribution in [-0.4, -0.2) is 6.61 Å². The van der Waals surface area contributed by atoms with Crippen molar-refractivity contribution < 1.29 is 4.74 Å². The van der Waals surface area contributed by atoms with Gasteiger partial charge in [0.15, 0.2) is 0 Å². The summed E-state index contributed by atoms with van der Waals surface area (Å²) in [5.41, 5.74) is 2.39. The number of benzene rings is 2. The van der Waals surface area contributed by atoms with Gasteiger partial charge in [0.1, 0.15) is 5.75 Å². The molecule has 0 atom stereocenters. The molecule has 0 unspecified atom stereocenters. The second kappa shape index (κ2) is 11.5. The quantitative estimate of drug-likeness (QED) is 0.484. The molecule has 1 heteroatoms. The second-order valence-electron chi connectivity index (χ2n) is 6.69. The van der Waals surface area contributed by atoms with Crippen molar-refractivity contribution in [2.75, 3.05) is 6.61 Å². The second-order valence-corrected chi connectivity index (χ2v) is 6.69. The molecule has 1 nitrogen and oxygen atoms in total. The van der Waals surface area contributed by atoms with Crippen molar-refractivity contribution in [1.82, 2.24) is 0 Å². The molecule has 0 aromatic heterocycles. The average Bonchev–Trinajstić information content (AvgIpc) is 2.62. The summed E-state index contributed by atoms with van der Waals surface area (Å²) in [6.07, 6.45) is 13.1. The average molecular weight is 337 g/mol. The van der Waals surface area contributed by atoms with E-state index in [0.717, 1.165) is 11.7 Å². The number of rotatable bonds is 7. The lowest BCUT2D eigenvalue weighted by molar-refractivity contribution is 0.289. The Morgan fingerprint density at radius 1 is 0.880 bits per heavy atom. The van der Waals surface area contributed by atoms with Gasteiger partial charge in [-0.2, -0.15) is 0 Å². The molecule has 0 spiro atoms. The van der Waals surface area contributed by atoms with Crippen LogP contribution in [0.5, 0.6) is 5.75 Å². The van der Waals surface area contributed by atoms with Gasteiger partial charge in [0.05, 0.1) is 6.61 Å². The summed E-state index contributed by atoms with van der Waals surface area (Å²) in [6, 6.07) is 18.4. The first-order valence-electron chi connectivity index (χ1n) is 9.77. The van der Waals surface area contributed by atoms with Crippen molar-refractivity contribution >= 4 is 12.2 Å². The van der Waals surface area contributed by atoms with Gasteiger partial charge in [-0.05, 0) is 36.1 Å². The van der Waals surface area contributed by atoms with Crippen LogP contribution in [0.2, 0.25) is 0 Å². The van der Waals surface area contributed by atoms with Crippen LogP contribution < -0.4 is 4.74 Å². The molecule has 1 aliphatic carbocycles. The topological polar surface area (TPSA) is 9.23 Å². The molecule has 0 saturated heterocycles.